The molecule has 0 radical (unpaired) electrons. The Morgan fingerprint density at radius 1 is 0.818 bits per heavy atom. The zero-order valence-corrected chi connectivity index (χ0v) is 25.1. The smallest absolute Gasteiger partial charge is 0.343 e. The van der Waals surface area contributed by atoms with Crippen LogP contribution in [0.1, 0.15) is 48.8 Å². The molecule has 0 saturated carbocycles. The van der Waals surface area contributed by atoms with Crippen molar-refractivity contribution in [1.82, 2.24) is 14.7 Å². The Hall–Kier alpha value is -3.48. The standard InChI is InChI=1S/C30H33ClF6N4O3/c1-18(42)40-11-8-20(9-12-40)27(43)41-13-10-26(25(17-41)19-4-6-23(31)7-5-19)39(3)28(44)38(2)24-15-21(29(32,33)34)14-22(16-24)30(35,36)37/h4-7,14-16,20,25-26H,8-13,17H2,1-3H3. The van der Waals surface area contributed by atoms with Crippen LogP contribution in [0.5, 0.6) is 0 Å². The normalized spacial score (nSPS) is 20.0. The first-order valence-corrected chi connectivity index (χ1v) is 14.4. The lowest BCUT2D eigenvalue weighted by Crippen LogP contribution is -2.55. The Balaban J connectivity index is 1.58. The van der Waals surface area contributed by atoms with Crippen molar-refractivity contribution >= 4 is 35.1 Å². The van der Waals surface area contributed by atoms with Gasteiger partial charge in [0, 0.05) is 75.8 Å². The number of likely N-dealkylation sites (tertiary alicyclic amines) is 2. The molecule has 2 atom stereocenters. The fourth-order valence-electron chi connectivity index (χ4n) is 5.96. The second-order valence-electron chi connectivity index (χ2n) is 11.3. The van der Waals surface area contributed by atoms with Gasteiger partial charge in [-0.3, -0.25) is 14.5 Å². The van der Waals surface area contributed by atoms with Crippen molar-refractivity contribution in [2.45, 2.75) is 50.5 Å². The van der Waals surface area contributed by atoms with Crippen LogP contribution in [0.2, 0.25) is 5.02 Å². The predicted molar refractivity (Wildman–Crippen MR) is 152 cm³/mol. The van der Waals surface area contributed by atoms with E-state index in [1.165, 1.54) is 18.9 Å². The third-order valence-electron chi connectivity index (χ3n) is 8.52. The summed E-state index contributed by atoms with van der Waals surface area (Å²) in [5, 5.41) is 0.473. The summed E-state index contributed by atoms with van der Waals surface area (Å²) >= 11 is 6.09. The van der Waals surface area contributed by atoms with Crippen molar-refractivity contribution in [3.8, 4) is 0 Å². The zero-order chi connectivity index (χ0) is 32.6. The van der Waals surface area contributed by atoms with Crippen LogP contribution >= 0.6 is 11.6 Å². The molecule has 2 aliphatic heterocycles. The fraction of sp³-hybridized carbons (Fsp3) is 0.500. The van der Waals surface area contributed by atoms with Crippen LogP contribution in [0.3, 0.4) is 0 Å². The summed E-state index contributed by atoms with van der Waals surface area (Å²) in [5.41, 5.74) is -2.84. The van der Waals surface area contributed by atoms with Gasteiger partial charge in [0.05, 0.1) is 11.1 Å². The molecular formula is C30H33ClF6N4O3. The average molecular weight is 647 g/mol. The number of amides is 4. The molecule has 0 aliphatic carbocycles. The SMILES string of the molecule is CC(=O)N1CCC(C(=O)N2CCC(N(C)C(=O)N(C)c3cc(C(F)(F)F)cc(C(F)(F)F)c3)C(c3ccc(Cl)cc3)C2)CC1. The Morgan fingerprint density at radius 2 is 1.34 bits per heavy atom. The number of alkyl halides is 6. The van der Waals surface area contributed by atoms with Gasteiger partial charge in [0.15, 0.2) is 0 Å². The van der Waals surface area contributed by atoms with E-state index >= 15 is 0 Å². The van der Waals surface area contributed by atoms with Crippen LogP contribution in [0.15, 0.2) is 42.5 Å². The first kappa shape index (κ1) is 33.4. The van der Waals surface area contributed by atoms with Crippen LogP contribution in [-0.2, 0) is 21.9 Å². The summed E-state index contributed by atoms with van der Waals surface area (Å²) in [6.07, 6.45) is -8.74. The minimum Gasteiger partial charge on any atom is -0.343 e. The van der Waals surface area contributed by atoms with Gasteiger partial charge in [-0.2, -0.15) is 26.3 Å². The maximum absolute atomic E-state index is 13.6. The molecule has 7 nitrogen and oxygen atoms in total. The van der Waals surface area contributed by atoms with Crippen molar-refractivity contribution in [3.63, 3.8) is 0 Å². The monoisotopic (exact) mass is 646 g/mol. The molecule has 4 amide bonds. The third-order valence-corrected chi connectivity index (χ3v) is 8.77. The Kier molecular flexibility index (Phi) is 9.77. The molecule has 2 fully saturated rings. The number of nitrogens with zero attached hydrogens (tertiary/aromatic N) is 4. The van der Waals surface area contributed by atoms with Gasteiger partial charge in [-0.1, -0.05) is 23.7 Å². The largest absolute Gasteiger partial charge is 0.416 e. The van der Waals surface area contributed by atoms with E-state index in [4.69, 9.17) is 11.6 Å². The third kappa shape index (κ3) is 7.41. The van der Waals surface area contributed by atoms with Crippen LogP contribution < -0.4 is 4.90 Å². The number of rotatable bonds is 4. The van der Waals surface area contributed by atoms with Crippen molar-refractivity contribution in [3.05, 3.63) is 64.2 Å². The number of carbonyl (C=O) groups is 3. The second-order valence-corrected chi connectivity index (χ2v) is 11.7. The van der Waals surface area contributed by atoms with E-state index in [0.717, 1.165) is 17.5 Å². The first-order valence-electron chi connectivity index (χ1n) is 14.1. The number of anilines is 1. The maximum atomic E-state index is 13.6. The lowest BCUT2D eigenvalue weighted by Gasteiger charge is -2.45. The molecule has 4 rings (SSSR count). The number of likely N-dealkylation sites (N-methyl/N-ethyl adjacent to an activating group) is 1. The van der Waals surface area contributed by atoms with Crippen LogP contribution in [0, 0.1) is 5.92 Å². The Morgan fingerprint density at radius 3 is 1.84 bits per heavy atom. The molecule has 44 heavy (non-hydrogen) atoms. The molecule has 2 saturated heterocycles. The topological polar surface area (TPSA) is 64.2 Å². The highest BCUT2D eigenvalue weighted by molar-refractivity contribution is 6.30. The number of carbonyl (C=O) groups excluding carboxylic acids is 3. The molecule has 14 heteroatoms. The van der Waals surface area contributed by atoms with E-state index in [1.54, 1.807) is 34.1 Å². The van der Waals surface area contributed by atoms with Gasteiger partial charge in [0.1, 0.15) is 0 Å². The molecule has 0 N–H and O–H groups in total. The highest BCUT2D eigenvalue weighted by Crippen LogP contribution is 2.39. The van der Waals surface area contributed by atoms with Crippen LogP contribution in [0.25, 0.3) is 0 Å². The van der Waals surface area contributed by atoms with E-state index in [9.17, 15) is 40.7 Å². The molecule has 0 spiro atoms. The Bertz CT molecular complexity index is 1340. The van der Waals surface area contributed by atoms with Gasteiger partial charge in [0.25, 0.3) is 0 Å². The lowest BCUT2D eigenvalue weighted by atomic mass is 9.84. The zero-order valence-electron chi connectivity index (χ0n) is 24.4. The summed E-state index contributed by atoms with van der Waals surface area (Å²) in [5.74, 6) is -0.781. The van der Waals surface area contributed by atoms with E-state index < -0.39 is 47.2 Å². The summed E-state index contributed by atoms with van der Waals surface area (Å²) in [7, 11) is 2.57. The fourth-order valence-corrected chi connectivity index (χ4v) is 6.09. The molecule has 2 aromatic carbocycles. The number of urea groups is 1. The highest BCUT2D eigenvalue weighted by atomic mass is 35.5. The molecule has 2 heterocycles. The molecular weight excluding hydrogens is 614 g/mol. The maximum Gasteiger partial charge on any atom is 0.416 e. The number of halogens is 7. The number of hydrogen-bond acceptors (Lipinski definition) is 3. The molecule has 0 aromatic heterocycles. The quantitative estimate of drug-likeness (QED) is 0.356. The van der Waals surface area contributed by atoms with Crippen LogP contribution in [-0.4, -0.2) is 78.9 Å². The Labute approximate surface area is 256 Å². The van der Waals surface area contributed by atoms with Crippen LogP contribution in [0.4, 0.5) is 36.8 Å². The number of hydrogen-bond donors (Lipinski definition) is 0. The van der Waals surface area contributed by atoms with Gasteiger partial charge in [0.2, 0.25) is 11.8 Å². The molecule has 240 valence electrons. The predicted octanol–water partition coefficient (Wildman–Crippen LogP) is 6.51. The highest BCUT2D eigenvalue weighted by Gasteiger charge is 2.41. The molecule has 2 aromatic rings. The van der Waals surface area contributed by atoms with E-state index in [-0.39, 0.29) is 30.3 Å². The van der Waals surface area contributed by atoms with Gasteiger partial charge >= 0.3 is 18.4 Å². The van der Waals surface area contributed by atoms with E-state index in [0.29, 0.717) is 56.1 Å². The summed E-state index contributed by atoms with van der Waals surface area (Å²) < 4.78 is 80.8. The minimum atomic E-state index is -5.06. The van der Waals surface area contributed by atoms with Crippen molar-refractivity contribution < 1.29 is 40.7 Å². The first-order chi connectivity index (χ1) is 20.5. The van der Waals surface area contributed by atoms with E-state index in [2.05, 4.69) is 0 Å². The number of benzene rings is 2. The molecule has 0 bridgehead atoms. The average Bonchev–Trinajstić information content (AvgIpc) is 2.98. The van der Waals surface area contributed by atoms with Gasteiger partial charge in [-0.05, 0) is 55.2 Å². The van der Waals surface area contributed by atoms with Gasteiger partial charge in [-0.25, -0.2) is 4.79 Å². The van der Waals surface area contributed by atoms with Crippen molar-refractivity contribution in [2.24, 2.45) is 5.92 Å². The van der Waals surface area contributed by atoms with Crippen molar-refractivity contribution in [2.75, 3.05) is 45.2 Å². The van der Waals surface area contributed by atoms with Crippen molar-refractivity contribution in [1.29, 1.82) is 0 Å². The summed E-state index contributed by atoms with van der Waals surface area (Å²) in [4.78, 5) is 44.3. The van der Waals surface area contributed by atoms with Gasteiger partial charge < -0.3 is 14.7 Å². The van der Waals surface area contributed by atoms with E-state index in [1.807, 2.05) is 0 Å². The molecule has 2 unspecified atom stereocenters. The van der Waals surface area contributed by atoms with Gasteiger partial charge in [-0.15, -0.1) is 0 Å². The summed E-state index contributed by atoms with van der Waals surface area (Å²) in [6, 6.07) is 6.56. The summed E-state index contributed by atoms with van der Waals surface area (Å²) in [6.45, 7) is 2.99. The number of piperidine rings is 2. The molecule has 2 aliphatic rings. The lowest BCUT2D eigenvalue weighted by molar-refractivity contribution is -0.143. The minimum absolute atomic E-state index is 0.0127. The second kappa shape index (κ2) is 12.9.